The van der Waals surface area contributed by atoms with E-state index in [0.29, 0.717) is 29.4 Å². The third-order valence-corrected chi connectivity index (χ3v) is 4.02. The Kier molecular flexibility index (Phi) is 7.21. The summed E-state index contributed by atoms with van der Waals surface area (Å²) in [6.45, 7) is 2.32. The van der Waals surface area contributed by atoms with E-state index in [4.69, 9.17) is 13.9 Å². The summed E-state index contributed by atoms with van der Waals surface area (Å²) in [4.78, 5) is 11.5. The van der Waals surface area contributed by atoms with Crippen molar-refractivity contribution in [3.05, 3.63) is 77.2 Å². The maximum absolute atomic E-state index is 13.6. The maximum atomic E-state index is 13.6. The summed E-state index contributed by atoms with van der Waals surface area (Å²) in [5.74, 6) is -0.517. The first-order valence-corrected chi connectivity index (χ1v) is 9.31. The smallest absolute Gasteiger partial charge is 0.373 e. The Morgan fingerprint density at radius 2 is 1.94 bits per heavy atom. The van der Waals surface area contributed by atoms with Crippen LogP contribution in [0.3, 0.4) is 0 Å². The highest BCUT2D eigenvalue weighted by molar-refractivity contribution is 5.86. The highest BCUT2D eigenvalue weighted by atomic mass is 19.1. The van der Waals surface area contributed by atoms with Crippen LogP contribution in [0.25, 0.3) is 0 Å². The van der Waals surface area contributed by atoms with E-state index >= 15 is 0 Å². The lowest BCUT2D eigenvalue weighted by molar-refractivity contribution is 0.0561. The Morgan fingerprint density at radius 1 is 1.10 bits per heavy atom. The van der Waals surface area contributed by atoms with Crippen molar-refractivity contribution in [2.24, 2.45) is 5.10 Å². The number of carbonyl (C=O) groups is 1. The highest BCUT2D eigenvalue weighted by Gasteiger charge is 2.13. The normalized spacial score (nSPS) is 10.8. The molecule has 0 atom stereocenters. The average molecular weight is 430 g/mol. The Hall–Kier alpha value is -3.88. The Balaban J connectivity index is 1.67. The second kappa shape index (κ2) is 10.2. The first-order chi connectivity index (χ1) is 15.0. The lowest BCUT2D eigenvalue weighted by Crippen LogP contribution is -2.01. The number of esters is 1. The second-order valence-corrected chi connectivity index (χ2v) is 6.18. The van der Waals surface area contributed by atoms with Gasteiger partial charge in [-0.05, 0) is 55.0 Å². The van der Waals surface area contributed by atoms with Crippen molar-refractivity contribution >= 4 is 17.9 Å². The Morgan fingerprint density at radius 3 is 2.68 bits per heavy atom. The molecule has 0 radical (unpaired) electrons. The zero-order chi connectivity index (χ0) is 22.2. The van der Waals surface area contributed by atoms with Gasteiger partial charge in [-0.25, -0.2) is 13.6 Å². The number of furan rings is 1. The minimum Gasteiger partial charge on any atom is -0.490 e. The molecule has 0 unspecified atom stereocenters. The van der Waals surface area contributed by atoms with Gasteiger partial charge in [-0.2, -0.15) is 5.10 Å². The fourth-order valence-electron chi connectivity index (χ4n) is 2.56. The second-order valence-electron chi connectivity index (χ2n) is 6.18. The average Bonchev–Trinajstić information content (AvgIpc) is 3.23. The predicted molar refractivity (Wildman–Crippen MR) is 110 cm³/mol. The van der Waals surface area contributed by atoms with Crippen molar-refractivity contribution in [3.63, 3.8) is 0 Å². The summed E-state index contributed by atoms with van der Waals surface area (Å²) in [6.07, 6.45) is 1.46. The molecule has 0 aliphatic rings. The molecule has 3 aromatic rings. The van der Waals surface area contributed by atoms with Gasteiger partial charge < -0.3 is 18.6 Å². The molecule has 31 heavy (non-hydrogen) atoms. The van der Waals surface area contributed by atoms with Gasteiger partial charge in [-0.1, -0.05) is 0 Å². The van der Waals surface area contributed by atoms with Crippen LogP contribution in [0.1, 0.15) is 28.8 Å². The third-order valence-electron chi connectivity index (χ3n) is 4.02. The van der Waals surface area contributed by atoms with Gasteiger partial charge in [-0.15, -0.1) is 0 Å². The van der Waals surface area contributed by atoms with Crippen LogP contribution in [-0.4, -0.2) is 25.9 Å². The van der Waals surface area contributed by atoms with Gasteiger partial charge in [0.2, 0.25) is 5.76 Å². The van der Waals surface area contributed by atoms with Crippen LogP contribution in [0, 0.1) is 11.6 Å². The van der Waals surface area contributed by atoms with Crippen LogP contribution in [0.15, 0.2) is 58.0 Å². The fraction of sp³-hybridized carbons (Fsp3) is 0.182. The molecule has 1 heterocycles. The molecule has 1 N–H and O–H groups in total. The molecule has 0 bridgehead atoms. The van der Waals surface area contributed by atoms with Gasteiger partial charge in [0.25, 0.3) is 0 Å². The monoisotopic (exact) mass is 430 g/mol. The third kappa shape index (κ3) is 5.81. The molecule has 0 amide bonds. The van der Waals surface area contributed by atoms with Crippen LogP contribution < -0.4 is 14.9 Å². The van der Waals surface area contributed by atoms with E-state index in [1.807, 2.05) is 6.92 Å². The summed E-state index contributed by atoms with van der Waals surface area (Å²) in [5, 5.41) is 3.96. The van der Waals surface area contributed by atoms with Crippen molar-refractivity contribution < 1.29 is 32.2 Å². The summed E-state index contributed by atoms with van der Waals surface area (Å²) in [7, 11) is 1.27. The molecular formula is C22H20F2N2O5. The van der Waals surface area contributed by atoms with Crippen LogP contribution in [0.2, 0.25) is 0 Å². The highest BCUT2D eigenvalue weighted by Crippen LogP contribution is 2.29. The lowest BCUT2D eigenvalue weighted by Gasteiger charge is -2.12. The van der Waals surface area contributed by atoms with E-state index < -0.39 is 17.6 Å². The van der Waals surface area contributed by atoms with E-state index in [1.165, 1.54) is 25.5 Å². The molecule has 1 aromatic heterocycles. The molecule has 0 aliphatic heterocycles. The molecule has 0 aliphatic carbocycles. The van der Waals surface area contributed by atoms with E-state index in [1.54, 1.807) is 24.3 Å². The number of nitrogens with one attached hydrogen (secondary N) is 1. The van der Waals surface area contributed by atoms with E-state index in [-0.39, 0.29) is 18.1 Å². The molecule has 0 spiro atoms. The number of ether oxygens (including phenoxy) is 3. The molecule has 9 heteroatoms. The Labute approximate surface area is 177 Å². The number of benzene rings is 2. The zero-order valence-electron chi connectivity index (χ0n) is 16.9. The molecule has 2 aromatic carbocycles. The Bertz CT molecular complexity index is 1080. The molecule has 0 fully saturated rings. The van der Waals surface area contributed by atoms with Crippen LogP contribution >= 0.6 is 0 Å². The van der Waals surface area contributed by atoms with Gasteiger partial charge in [0, 0.05) is 6.07 Å². The first-order valence-electron chi connectivity index (χ1n) is 9.31. The number of carbonyl (C=O) groups excluding carboxylic acids is 1. The van der Waals surface area contributed by atoms with Gasteiger partial charge in [0.1, 0.15) is 18.2 Å². The number of nitrogens with zero attached hydrogens (tertiary/aromatic N) is 1. The number of halogens is 2. The van der Waals surface area contributed by atoms with Crippen molar-refractivity contribution in [1.82, 2.24) is 0 Å². The van der Waals surface area contributed by atoms with Gasteiger partial charge in [-0.3, -0.25) is 5.43 Å². The van der Waals surface area contributed by atoms with Crippen molar-refractivity contribution in [2.45, 2.75) is 13.5 Å². The van der Waals surface area contributed by atoms with Crippen LogP contribution in [0.4, 0.5) is 14.5 Å². The predicted octanol–water partition coefficient (Wildman–Crippen LogP) is 4.77. The summed E-state index contributed by atoms with van der Waals surface area (Å²) >= 11 is 0. The summed E-state index contributed by atoms with van der Waals surface area (Å²) in [6, 6.07) is 11.4. The number of hydrazone groups is 1. The topological polar surface area (TPSA) is 82.3 Å². The SMILES string of the molecule is CCOc1cc(/C=N/Nc2ccc(F)cc2F)ccc1OCc1ccc(C(=O)OC)o1. The number of anilines is 1. The van der Waals surface area contributed by atoms with Gasteiger partial charge in [0.05, 0.1) is 25.6 Å². The zero-order valence-corrected chi connectivity index (χ0v) is 16.9. The van der Waals surface area contributed by atoms with E-state index in [0.717, 1.165) is 12.1 Å². The minimum absolute atomic E-state index is 0.0485. The quantitative estimate of drug-likeness (QED) is 0.299. The number of hydrogen-bond donors (Lipinski definition) is 1. The largest absolute Gasteiger partial charge is 0.490 e. The number of rotatable bonds is 9. The van der Waals surface area contributed by atoms with E-state index in [9.17, 15) is 13.6 Å². The van der Waals surface area contributed by atoms with Crippen LogP contribution in [0.5, 0.6) is 11.5 Å². The van der Waals surface area contributed by atoms with Gasteiger partial charge >= 0.3 is 5.97 Å². The van der Waals surface area contributed by atoms with Crippen molar-refractivity contribution in [1.29, 1.82) is 0 Å². The van der Waals surface area contributed by atoms with Gasteiger partial charge in [0.15, 0.2) is 17.3 Å². The van der Waals surface area contributed by atoms with Crippen molar-refractivity contribution in [3.8, 4) is 11.5 Å². The first kappa shape index (κ1) is 21.8. The minimum atomic E-state index is -0.746. The molecule has 0 saturated heterocycles. The molecule has 162 valence electrons. The van der Waals surface area contributed by atoms with E-state index in [2.05, 4.69) is 15.3 Å². The summed E-state index contributed by atoms with van der Waals surface area (Å²) < 4.78 is 47.9. The lowest BCUT2D eigenvalue weighted by atomic mass is 10.2. The molecule has 7 nitrogen and oxygen atoms in total. The molecule has 0 saturated carbocycles. The standard InChI is InChI=1S/C22H20F2N2O5/c1-3-29-21-10-14(12-25-26-18-7-5-15(23)11-17(18)24)4-8-19(21)30-13-16-6-9-20(31-16)22(27)28-2/h4-12,26H,3,13H2,1-2H3/b25-12+. The fourth-order valence-corrected chi connectivity index (χ4v) is 2.56. The number of methoxy groups -OCH3 is 1. The maximum Gasteiger partial charge on any atom is 0.373 e. The van der Waals surface area contributed by atoms with Crippen molar-refractivity contribution in [2.75, 3.05) is 19.1 Å². The van der Waals surface area contributed by atoms with Crippen LogP contribution in [-0.2, 0) is 11.3 Å². The molecule has 3 rings (SSSR count). The number of hydrogen-bond acceptors (Lipinski definition) is 7. The summed E-state index contributed by atoms with van der Waals surface area (Å²) in [5.41, 5.74) is 3.24. The molecular weight excluding hydrogens is 410 g/mol.